The Balaban J connectivity index is 2.50. The van der Waals surface area contributed by atoms with Crippen molar-refractivity contribution in [3.05, 3.63) is 0 Å². The molecule has 1 aliphatic heterocycles. The summed E-state index contributed by atoms with van der Waals surface area (Å²) in [7, 11) is 1.44. The highest BCUT2D eigenvalue weighted by Gasteiger charge is 2.33. The topological polar surface area (TPSA) is 58.8 Å². The second-order valence-corrected chi connectivity index (χ2v) is 6.49. The standard InChI is InChI=1S/C14H27N3O2S/c1-5-11(12(15)20)17-8-6-16(7-9-17)10-14(2,3)13(18)19-4/h11H,5-10H2,1-4H3,(H2,15,20). The zero-order valence-corrected chi connectivity index (χ0v) is 13.8. The predicted octanol–water partition coefficient (Wildman–Crippen LogP) is 0.868. The van der Waals surface area contributed by atoms with Crippen molar-refractivity contribution in [3.8, 4) is 0 Å². The van der Waals surface area contributed by atoms with Crippen LogP contribution in [0.15, 0.2) is 0 Å². The monoisotopic (exact) mass is 301 g/mol. The van der Waals surface area contributed by atoms with E-state index in [1.54, 1.807) is 0 Å². The highest BCUT2D eigenvalue weighted by Crippen LogP contribution is 2.20. The Morgan fingerprint density at radius 2 is 1.90 bits per heavy atom. The summed E-state index contributed by atoms with van der Waals surface area (Å²) in [4.78, 5) is 16.9. The molecule has 0 radical (unpaired) electrons. The van der Waals surface area contributed by atoms with E-state index in [2.05, 4.69) is 16.7 Å². The van der Waals surface area contributed by atoms with Crippen molar-refractivity contribution in [2.45, 2.75) is 33.2 Å². The lowest BCUT2D eigenvalue weighted by Crippen LogP contribution is -2.55. The van der Waals surface area contributed by atoms with Crippen LogP contribution in [-0.2, 0) is 9.53 Å². The van der Waals surface area contributed by atoms with Gasteiger partial charge in [0.15, 0.2) is 0 Å². The van der Waals surface area contributed by atoms with Gasteiger partial charge in [-0.3, -0.25) is 14.6 Å². The van der Waals surface area contributed by atoms with Crippen LogP contribution in [-0.4, -0.2) is 66.6 Å². The van der Waals surface area contributed by atoms with Crippen molar-refractivity contribution in [2.24, 2.45) is 11.1 Å². The predicted molar refractivity (Wildman–Crippen MR) is 84.7 cm³/mol. The smallest absolute Gasteiger partial charge is 0.312 e. The molecule has 116 valence electrons. The fourth-order valence-electron chi connectivity index (χ4n) is 2.77. The lowest BCUT2D eigenvalue weighted by molar-refractivity contribution is -0.152. The molecule has 0 amide bonds. The van der Waals surface area contributed by atoms with Crippen molar-refractivity contribution >= 4 is 23.2 Å². The Morgan fingerprint density at radius 3 is 2.30 bits per heavy atom. The third-order valence-electron chi connectivity index (χ3n) is 3.92. The summed E-state index contributed by atoms with van der Waals surface area (Å²) in [6.07, 6.45) is 0.947. The maximum absolute atomic E-state index is 11.7. The average Bonchev–Trinajstić information content (AvgIpc) is 2.39. The van der Waals surface area contributed by atoms with Crippen LogP contribution in [0.25, 0.3) is 0 Å². The highest BCUT2D eigenvalue weighted by atomic mass is 32.1. The van der Waals surface area contributed by atoms with E-state index >= 15 is 0 Å². The van der Waals surface area contributed by atoms with Gasteiger partial charge in [-0.15, -0.1) is 0 Å². The lowest BCUT2D eigenvalue weighted by Gasteiger charge is -2.40. The molecule has 1 unspecified atom stereocenters. The van der Waals surface area contributed by atoms with Gasteiger partial charge in [-0.25, -0.2) is 0 Å². The number of rotatable bonds is 6. The van der Waals surface area contributed by atoms with Crippen LogP contribution in [0.4, 0.5) is 0 Å². The van der Waals surface area contributed by atoms with Gasteiger partial charge in [0.1, 0.15) is 0 Å². The number of piperazine rings is 1. The first-order chi connectivity index (χ1) is 9.31. The van der Waals surface area contributed by atoms with Gasteiger partial charge in [-0.2, -0.15) is 0 Å². The Hall–Kier alpha value is -0.720. The van der Waals surface area contributed by atoms with Gasteiger partial charge >= 0.3 is 5.97 Å². The highest BCUT2D eigenvalue weighted by molar-refractivity contribution is 7.80. The summed E-state index contributed by atoms with van der Waals surface area (Å²) in [6, 6.07) is 0.195. The maximum Gasteiger partial charge on any atom is 0.312 e. The number of hydrogen-bond donors (Lipinski definition) is 1. The molecule has 1 aliphatic rings. The van der Waals surface area contributed by atoms with Gasteiger partial charge in [-0.1, -0.05) is 19.1 Å². The molecule has 2 N–H and O–H groups in total. The first kappa shape index (κ1) is 17.3. The number of nitrogens with zero attached hydrogens (tertiary/aromatic N) is 2. The van der Waals surface area contributed by atoms with Crippen LogP contribution in [0.3, 0.4) is 0 Å². The summed E-state index contributed by atoms with van der Waals surface area (Å²) in [5, 5.41) is 0. The second-order valence-electron chi connectivity index (χ2n) is 6.01. The molecule has 0 saturated carbocycles. The van der Waals surface area contributed by atoms with E-state index in [1.807, 2.05) is 13.8 Å². The van der Waals surface area contributed by atoms with Gasteiger partial charge < -0.3 is 10.5 Å². The first-order valence-corrected chi connectivity index (χ1v) is 7.56. The van der Waals surface area contributed by atoms with Crippen molar-refractivity contribution in [1.82, 2.24) is 9.80 Å². The van der Waals surface area contributed by atoms with Gasteiger partial charge in [0.05, 0.1) is 23.6 Å². The Kier molecular flexibility index (Phi) is 6.36. The zero-order valence-electron chi connectivity index (χ0n) is 13.0. The van der Waals surface area contributed by atoms with Crippen LogP contribution >= 0.6 is 12.2 Å². The summed E-state index contributed by atoms with van der Waals surface area (Å²) >= 11 is 5.13. The van der Waals surface area contributed by atoms with E-state index in [1.165, 1.54) is 7.11 Å². The molecule has 0 spiro atoms. The number of nitrogens with two attached hydrogens (primary N) is 1. The molecule has 1 atom stereocenters. The summed E-state index contributed by atoms with van der Waals surface area (Å²) in [6.45, 7) is 10.4. The number of esters is 1. The molecular formula is C14H27N3O2S. The Morgan fingerprint density at radius 1 is 1.35 bits per heavy atom. The van der Waals surface area contributed by atoms with Crippen molar-refractivity contribution < 1.29 is 9.53 Å². The van der Waals surface area contributed by atoms with E-state index in [0.29, 0.717) is 4.99 Å². The minimum atomic E-state index is -0.468. The summed E-state index contributed by atoms with van der Waals surface area (Å²) in [5.41, 5.74) is 5.32. The molecule has 0 aromatic carbocycles. The van der Waals surface area contributed by atoms with Crippen molar-refractivity contribution in [2.75, 3.05) is 39.8 Å². The summed E-state index contributed by atoms with van der Waals surface area (Å²) in [5.74, 6) is -0.158. The molecule has 1 heterocycles. The molecule has 0 aromatic rings. The summed E-state index contributed by atoms with van der Waals surface area (Å²) < 4.78 is 4.86. The number of carbonyl (C=O) groups is 1. The second kappa shape index (κ2) is 7.33. The molecule has 1 fully saturated rings. The third-order valence-corrected chi connectivity index (χ3v) is 4.19. The Bertz CT molecular complexity index is 352. The fraction of sp³-hybridized carbons (Fsp3) is 0.857. The molecule has 20 heavy (non-hydrogen) atoms. The maximum atomic E-state index is 11.7. The van der Waals surface area contributed by atoms with Crippen LogP contribution in [0.1, 0.15) is 27.2 Å². The lowest BCUT2D eigenvalue weighted by atomic mass is 9.92. The van der Waals surface area contributed by atoms with Crippen LogP contribution in [0, 0.1) is 5.41 Å². The van der Waals surface area contributed by atoms with Crippen molar-refractivity contribution in [1.29, 1.82) is 0 Å². The Labute approximate surface area is 127 Å². The van der Waals surface area contributed by atoms with Gasteiger partial charge in [0.2, 0.25) is 0 Å². The number of carbonyl (C=O) groups excluding carboxylic acids is 1. The molecule has 0 aromatic heterocycles. The molecule has 1 saturated heterocycles. The van der Waals surface area contributed by atoms with E-state index in [9.17, 15) is 4.79 Å². The minimum absolute atomic E-state index is 0.158. The molecule has 5 nitrogen and oxygen atoms in total. The van der Waals surface area contributed by atoms with E-state index in [-0.39, 0.29) is 12.0 Å². The quantitative estimate of drug-likeness (QED) is 0.580. The SMILES string of the molecule is CCC(C(N)=S)N1CCN(CC(C)(C)C(=O)OC)CC1. The zero-order chi connectivity index (χ0) is 15.3. The number of methoxy groups -OCH3 is 1. The van der Waals surface area contributed by atoms with E-state index in [4.69, 9.17) is 22.7 Å². The molecule has 1 rings (SSSR count). The van der Waals surface area contributed by atoms with Crippen molar-refractivity contribution in [3.63, 3.8) is 0 Å². The minimum Gasteiger partial charge on any atom is -0.469 e. The average molecular weight is 301 g/mol. The number of thiocarbonyl (C=S) groups is 1. The van der Waals surface area contributed by atoms with Gasteiger partial charge in [-0.05, 0) is 20.3 Å². The molecular weight excluding hydrogens is 274 g/mol. The fourth-order valence-corrected chi connectivity index (χ4v) is 3.09. The van der Waals surface area contributed by atoms with Crippen LogP contribution < -0.4 is 5.73 Å². The number of hydrogen-bond acceptors (Lipinski definition) is 5. The van der Waals surface area contributed by atoms with Crippen LogP contribution in [0.5, 0.6) is 0 Å². The van der Waals surface area contributed by atoms with Gasteiger partial charge in [0, 0.05) is 32.7 Å². The van der Waals surface area contributed by atoms with Crippen LogP contribution in [0.2, 0.25) is 0 Å². The largest absolute Gasteiger partial charge is 0.469 e. The molecule has 0 bridgehead atoms. The number of ether oxygens (including phenoxy) is 1. The van der Waals surface area contributed by atoms with Gasteiger partial charge in [0.25, 0.3) is 0 Å². The van der Waals surface area contributed by atoms with E-state index < -0.39 is 5.41 Å². The molecule has 0 aliphatic carbocycles. The normalized spacial score (nSPS) is 19.6. The third kappa shape index (κ3) is 4.40. The van der Waals surface area contributed by atoms with E-state index in [0.717, 1.165) is 39.1 Å². The first-order valence-electron chi connectivity index (χ1n) is 7.16. The molecule has 6 heteroatoms.